The van der Waals surface area contributed by atoms with Crippen molar-refractivity contribution in [3.05, 3.63) is 35.5 Å². The van der Waals surface area contributed by atoms with E-state index in [0.717, 1.165) is 55.2 Å². The summed E-state index contributed by atoms with van der Waals surface area (Å²) in [6.07, 6.45) is 4.36. The average molecular weight is 401 g/mol. The van der Waals surface area contributed by atoms with Crippen LogP contribution in [-0.2, 0) is 27.1 Å². The minimum Gasteiger partial charge on any atom is -0.452 e. The predicted octanol–water partition coefficient (Wildman–Crippen LogP) is 3.83. The highest BCUT2D eigenvalue weighted by Crippen LogP contribution is 2.33. The first-order valence-corrected chi connectivity index (χ1v) is 10.8. The zero-order valence-corrected chi connectivity index (χ0v) is 17.7. The van der Waals surface area contributed by atoms with E-state index in [4.69, 9.17) is 14.2 Å². The summed E-state index contributed by atoms with van der Waals surface area (Å²) >= 11 is 0. The minimum atomic E-state index is -0.316. The van der Waals surface area contributed by atoms with Crippen molar-refractivity contribution < 1.29 is 19.0 Å². The van der Waals surface area contributed by atoms with E-state index in [0.29, 0.717) is 25.2 Å². The topological polar surface area (TPSA) is 52.9 Å². The van der Waals surface area contributed by atoms with Crippen LogP contribution in [0.5, 0.6) is 0 Å². The number of hydrogen-bond acceptors (Lipinski definition) is 5. The van der Waals surface area contributed by atoms with Gasteiger partial charge in [-0.3, -0.25) is 0 Å². The molecule has 2 aliphatic rings. The molecule has 1 fully saturated rings. The van der Waals surface area contributed by atoms with Crippen LogP contribution in [-0.4, -0.2) is 61.8 Å². The Morgan fingerprint density at radius 2 is 1.97 bits per heavy atom. The van der Waals surface area contributed by atoms with Crippen LogP contribution in [0.3, 0.4) is 0 Å². The van der Waals surface area contributed by atoms with Crippen LogP contribution in [0.15, 0.2) is 24.3 Å². The molecule has 0 spiro atoms. The van der Waals surface area contributed by atoms with Gasteiger partial charge in [-0.2, -0.15) is 0 Å². The van der Waals surface area contributed by atoms with Gasteiger partial charge in [-0.1, -0.05) is 25.1 Å². The van der Waals surface area contributed by atoms with E-state index in [2.05, 4.69) is 24.9 Å². The molecule has 0 unspecified atom stereocenters. The Hall–Kier alpha value is -1.89. The highest BCUT2D eigenvalue weighted by Gasteiger charge is 2.32. The number of fused-ring (bicyclic) bond motifs is 3. The molecule has 0 saturated carbocycles. The van der Waals surface area contributed by atoms with Crippen molar-refractivity contribution in [2.75, 3.05) is 33.9 Å². The third kappa shape index (κ3) is 3.93. The van der Waals surface area contributed by atoms with E-state index in [1.165, 1.54) is 12.7 Å². The van der Waals surface area contributed by atoms with Crippen LogP contribution >= 0.6 is 0 Å². The number of para-hydroxylation sites is 1. The van der Waals surface area contributed by atoms with Crippen molar-refractivity contribution >= 4 is 17.0 Å². The van der Waals surface area contributed by atoms with Crippen LogP contribution in [0.1, 0.15) is 37.4 Å². The quantitative estimate of drug-likeness (QED) is 0.767. The maximum atomic E-state index is 12.7. The molecule has 0 bridgehead atoms. The number of carbonyl (C=O) groups is 1. The largest absolute Gasteiger partial charge is 0.452 e. The molecule has 0 aliphatic carbocycles. The predicted molar refractivity (Wildman–Crippen MR) is 112 cm³/mol. The smallest absolute Gasteiger partial charge is 0.418 e. The first-order valence-electron chi connectivity index (χ1n) is 10.8. The fourth-order valence-corrected chi connectivity index (χ4v) is 5.02. The van der Waals surface area contributed by atoms with Gasteiger partial charge in [0.25, 0.3) is 0 Å². The highest BCUT2D eigenvalue weighted by molar-refractivity contribution is 5.93. The van der Waals surface area contributed by atoms with Gasteiger partial charge in [0.05, 0.1) is 25.8 Å². The summed E-state index contributed by atoms with van der Waals surface area (Å²) in [6, 6.07) is 8.67. The van der Waals surface area contributed by atoms with Gasteiger partial charge in [-0.25, -0.2) is 9.36 Å². The van der Waals surface area contributed by atoms with Gasteiger partial charge in [0.2, 0.25) is 0 Å². The Morgan fingerprint density at radius 1 is 1.21 bits per heavy atom. The lowest BCUT2D eigenvalue weighted by Crippen LogP contribution is -2.38. The summed E-state index contributed by atoms with van der Waals surface area (Å²) in [6.45, 7) is 4.55. The summed E-state index contributed by atoms with van der Waals surface area (Å²) in [5, 5.41) is 1.15. The highest BCUT2D eigenvalue weighted by atomic mass is 16.7. The van der Waals surface area contributed by atoms with Gasteiger partial charge < -0.3 is 19.1 Å². The van der Waals surface area contributed by atoms with Gasteiger partial charge in [0.1, 0.15) is 0 Å². The zero-order chi connectivity index (χ0) is 20.4. The minimum absolute atomic E-state index is 0.142. The van der Waals surface area contributed by atoms with E-state index in [1.807, 2.05) is 18.2 Å². The number of aromatic nitrogens is 1. The molecular formula is C23H32N2O4. The molecule has 6 nitrogen and oxygen atoms in total. The van der Waals surface area contributed by atoms with Crippen molar-refractivity contribution in [1.29, 1.82) is 0 Å². The second-order valence-electron chi connectivity index (χ2n) is 8.18. The molecule has 29 heavy (non-hydrogen) atoms. The van der Waals surface area contributed by atoms with Crippen molar-refractivity contribution in [2.45, 2.75) is 51.4 Å². The van der Waals surface area contributed by atoms with E-state index in [1.54, 1.807) is 4.57 Å². The van der Waals surface area contributed by atoms with Crippen LogP contribution in [0.4, 0.5) is 4.79 Å². The monoisotopic (exact) mass is 400 g/mol. The average Bonchev–Trinajstić information content (AvgIpc) is 3.38. The lowest BCUT2D eigenvalue weighted by Gasteiger charge is -2.33. The Balaban J connectivity index is 1.77. The maximum absolute atomic E-state index is 12.7. The number of ether oxygens (including phenoxy) is 3. The molecular weight excluding hydrogens is 368 g/mol. The van der Waals surface area contributed by atoms with Crippen LogP contribution < -0.4 is 0 Å². The summed E-state index contributed by atoms with van der Waals surface area (Å²) in [4.78, 5) is 15.2. The molecule has 2 atom stereocenters. The third-order valence-corrected chi connectivity index (χ3v) is 6.61. The zero-order valence-electron chi connectivity index (χ0n) is 17.7. The van der Waals surface area contributed by atoms with E-state index < -0.39 is 0 Å². The lowest BCUT2D eigenvalue weighted by atomic mass is 9.89. The van der Waals surface area contributed by atoms with Gasteiger partial charge in [0.15, 0.2) is 6.29 Å². The molecule has 2 aromatic rings. The number of hydrogen-bond donors (Lipinski definition) is 0. The third-order valence-electron chi connectivity index (χ3n) is 6.61. The second kappa shape index (κ2) is 8.86. The number of likely N-dealkylation sites (N-methyl/N-ethyl adjacent to an activating group) is 1. The Morgan fingerprint density at radius 3 is 2.69 bits per heavy atom. The summed E-state index contributed by atoms with van der Waals surface area (Å²) in [5.41, 5.74) is 3.27. The number of methoxy groups -OCH3 is 1. The van der Waals surface area contributed by atoms with Gasteiger partial charge in [-0.05, 0) is 50.8 Å². The van der Waals surface area contributed by atoms with Gasteiger partial charge in [-0.15, -0.1) is 0 Å². The molecule has 2 aliphatic heterocycles. The Bertz CT molecular complexity index is 856. The van der Waals surface area contributed by atoms with Crippen LogP contribution in [0.25, 0.3) is 10.9 Å². The van der Waals surface area contributed by atoms with E-state index in [9.17, 15) is 4.79 Å². The molecule has 158 valence electrons. The molecule has 0 amide bonds. The first-order chi connectivity index (χ1) is 14.1. The van der Waals surface area contributed by atoms with Crippen molar-refractivity contribution in [3.63, 3.8) is 0 Å². The number of nitrogens with zero attached hydrogens (tertiary/aromatic N) is 2. The normalized spacial score (nSPS) is 24.5. The molecule has 0 radical (unpaired) electrons. The fourth-order valence-electron chi connectivity index (χ4n) is 5.02. The first kappa shape index (κ1) is 20.4. The molecule has 0 N–H and O–H groups in total. The standard InChI is InChI=1S/C23H32N2O4/c1-4-17-15-16(22-28-13-14-29-22)9-10-21-19(11-12-24(17)2)18-7-5-6-8-20(18)25(21)23(26)27-3/h5-8,16-17,22H,4,9-15H2,1-3H3/t16-,17-/m0/s1. The lowest BCUT2D eigenvalue weighted by molar-refractivity contribution is -0.0926. The van der Waals surface area contributed by atoms with Crippen molar-refractivity contribution in [2.24, 2.45) is 5.92 Å². The van der Waals surface area contributed by atoms with E-state index >= 15 is 0 Å². The van der Waals surface area contributed by atoms with Crippen LogP contribution in [0, 0.1) is 5.92 Å². The molecule has 6 heteroatoms. The van der Waals surface area contributed by atoms with E-state index in [-0.39, 0.29) is 12.4 Å². The summed E-state index contributed by atoms with van der Waals surface area (Å²) in [5.74, 6) is 0.306. The molecule has 4 rings (SSSR count). The van der Waals surface area contributed by atoms with Crippen molar-refractivity contribution in [3.8, 4) is 0 Å². The fraction of sp³-hybridized carbons (Fsp3) is 0.609. The van der Waals surface area contributed by atoms with Crippen molar-refractivity contribution in [1.82, 2.24) is 9.47 Å². The Labute approximate surface area is 172 Å². The molecule has 1 aromatic carbocycles. The second-order valence-corrected chi connectivity index (χ2v) is 8.18. The Kier molecular flexibility index (Phi) is 6.23. The molecule has 1 saturated heterocycles. The molecule has 1 aromatic heterocycles. The number of carbonyl (C=O) groups excluding carboxylic acids is 1. The maximum Gasteiger partial charge on any atom is 0.418 e. The number of benzene rings is 1. The van der Waals surface area contributed by atoms with Crippen LogP contribution in [0.2, 0.25) is 0 Å². The molecule has 3 heterocycles. The number of rotatable bonds is 2. The van der Waals surface area contributed by atoms with Gasteiger partial charge in [0, 0.05) is 29.6 Å². The van der Waals surface area contributed by atoms with Gasteiger partial charge >= 0.3 is 6.09 Å². The summed E-state index contributed by atoms with van der Waals surface area (Å²) in [7, 11) is 3.66. The SMILES string of the molecule is CC[C@H]1C[C@@H](C2OCCO2)CCc2c(c3ccccc3n2C(=O)OC)CCN1C. The summed E-state index contributed by atoms with van der Waals surface area (Å²) < 4.78 is 18.7.